The van der Waals surface area contributed by atoms with E-state index in [1.54, 1.807) is 19.2 Å². The molecule has 1 aromatic rings. The summed E-state index contributed by atoms with van der Waals surface area (Å²) in [5, 5.41) is 14.2. The number of hydrogen-bond acceptors (Lipinski definition) is 5. The van der Waals surface area contributed by atoms with E-state index >= 15 is 0 Å². The first kappa shape index (κ1) is 14.6. The van der Waals surface area contributed by atoms with E-state index in [2.05, 4.69) is 17.1 Å². The number of ether oxygens (including phenoxy) is 1. The summed E-state index contributed by atoms with van der Waals surface area (Å²) in [6.45, 7) is 5.36. The summed E-state index contributed by atoms with van der Waals surface area (Å²) in [4.78, 5) is 12.9. The Morgan fingerprint density at radius 1 is 1.45 bits per heavy atom. The van der Waals surface area contributed by atoms with E-state index < -0.39 is 0 Å². The zero-order valence-electron chi connectivity index (χ0n) is 12.0. The fourth-order valence-corrected chi connectivity index (χ4v) is 2.54. The van der Waals surface area contributed by atoms with Gasteiger partial charge in [-0.05, 0) is 25.5 Å². The van der Waals surface area contributed by atoms with E-state index in [0.29, 0.717) is 17.5 Å². The lowest BCUT2D eigenvalue weighted by Crippen LogP contribution is -2.38. The van der Waals surface area contributed by atoms with Gasteiger partial charge in [-0.25, -0.2) is 0 Å². The minimum Gasteiger partial charge on any atom is -0.495 e. The molecule has 110 valence electrons. The van der Waals surface area contributed by atoms with Gasteiger partial charge in [0.05, 0.1) is 17.7 Å². The largest absolute Gasteiger partial charge is 0.495 e. The van der Waals surface area contributed by atoms with Crippen molar-refractivity contribution in [3.05, 3.63) is 28.3 Å². The fraction of sp³-hybridized carbons (Fsp3) is 0.571. The highest BCUT2D eigenvalue weighted by Crippen LogP contribution is 2.30. The Bertz CT molecular complexity index is 471. The molecule has 0 atom stereocenters. The highest BCUT2D eigenvalue weighted by molar-refractivity contribution is 5.62. The molecule has 1 N–H and O–H groups in total. The van der Waals surface area contributed by atoms with Crippen LogP contribution in [0.5, 0.6) is 5.75 Å². The lowest BCUT2D eigenvalue weighted by molar-refractivity contribution is -0.384. The molecule has 1 aliphatic rings. The Hall–Kier alpha value is -1.82. The van der Waals surface area contributed by atoms with Crippen molar-refractivity contribution in [1.29, 1.82) is 0 Å². The molecule has 0 saturated carbocycles. The van der Waals surface area contributed by atoms with Crippen LogP contribution in [0.1, 0.15) is 19.8 Å². The van der Waals surface area contributed by atoms with Crippen LogP contribution in [0.4, 0.5) is 11.4 Å². The van der Waals surface area contributed by atoms with Crippen molar-refractivity contribution in [1.82, 2.24) is 4.90 Å². The van der Waals surface area contributed by atoms with Crippen molar-refractivity contribution in [2.24, 2.45) is 0 Å². The maximum atomic E-state index is 10.9. The molecular formula is C14H21N3O3. The van der Waals surface area contributed by atoms with Crippen LogP contribution in [0, 0.1) is 10.1 Å². The van der Waals surface area contributed by atoms with Gasteiger partial charge < -0.3 is 15.0 Å². The van der Waals surface area contributed by atoms with Gasteiger partial charge >= 0.3 is 0 Å². The predicted molar refractivity (Wildman–Crippen MR) is 78.4 cm³/mol. The van der Waals surface area contributed by atoms with Gasteiger partial charge in [0.2, 0.25) is 0 Å². The van der Waals surface area contributed by atoms with E-state index in [9.17, 15) is 10.1 Å². The molecule has 0 amide bonds. The van der Waals surface area contributed by atoms with Crippen LogP contribution in [-0.2, 0) is 0 Å². The summed E-state index contributed by atoms with van der Waals surface area (Å²) in [7, 11) is 1.58. The Balaban J connectivity index is 2.08. The normalized spacial score (nSPS) is 16.9. The SMILES string of the molecule is CCN1CCC(Nc2cc([N+](=O)[O-])ccc2OC)CC1. The van der Waals surface area contributed by atoms with Crippen LogP contribution in [-0.4, -0.2) is 42.6 Å². The Kier molecular flexibility index (Phi) is 4.79. The van der Waals surface area contributed by atoms with E-state index in [-0.39, 0.29) is 10.6 Å². The third kappa shape index (κ3) is 3.39. The number of likely N-dealkylation sites (tertiary alicyclic amines) is 1. The van der Waals surface area contributed by atoms with Crippen LogP contribution < -0.4 is 10.1 Å². The quantitative estimate of drug-likeness (QED) is 0.662. The summed E-state index contributed by atoms with van der Waals surface area (Å²) in [6.07, 6.45) is 2.08. The van der Waals surface area contributed by atoms with E-state index in [4.69, 9.17) is 4.74 Å². The van der Waals surface area contributed by atoms with E-state index in [0.717, 1.165) is 32.5 Å². The van der Waals surface area contributed by atoms with Crippen LogP contribution in [0.3, 0.4) is 0 Å². The topological polar surface area (TPSA) is 67.6 Å². The summed E-state index contributed by atoms with van der Waals surface area (Å²) < 4.78 is 5.27. The van der Waals surface area contributed by atoms with Gasteiger partial charge in [-0.2, -0.15) is 0 Å². The average Bonchev–Trinajstić information content (AvgIpc) is 2.48. The van der Waals surface area contributed by atoms with Crippen LogP contribution in [0.25, 0.3) is 0 Å². The summed E-state index contributed by atoms with van der Waals surface area (Å²) >= 11 is 0. The minimum absolute atomic E-state index is 0.0827. The summed E-state index contributed by atoms with van der Waals surface area (Å²) in [6, 6.07) is 4.99. The van der Waals surface area contributed by atoms with Crippen LogP contribution in [0.2, 0.25) is 0 Å². The van der Waals surface area contributed by atoms with Crippen molar-refractivity contribution in [3.8, 4) is 5.75 Å². The van der Waals surface area contributed by atoms with E-state index in [1.807, 2.05) is 0 Å². The minimum atomic E-state index is -0.385. The summed E-state index contributed by atoms with van der Waals surface area (Å²) in [5.41, 5.74) is 0.788. The zero-order valence-corrected chi connectivity index (χ0v) is 12.0. The summed E-state index contributed by atoms with van der Waals surface area (Å²) in [5.74, 6) is 0.647. The monoisotopic (exact) mass is 279 g/mol. The fourth-order valence-electron chi connectivity index (χ4n) is 2.54. The molecule has 6 heteroatoms. The number of anilines is 1. The first-order valence-corrected chi connectivity index (χ1v) is 6.95. The first-order valence-electron chi connectivity index (χ1n) is 6.95. The third-order valence-corrected chi connectivity index (χ3v) is 3.79. The van der Waals surface area contributed by atoms with Crippen LogP contribution >= 0.6 is 0 Å². The van der Waals surface area contributed by atoms with Crippen molar-refractivity contribution < 1.29 is 9.66 Å². The molecule has 0 unspecified atom stereocenters. The molecule has 1 aromatic carbocycles. The number of piperidine rings is 1. The van der Waals surface area contributed by atoms with Gasteiger partial charge in [-0.1, -0.05) is 6.92 Å². The van der Waals surface area contributed by atoms with Crippen molar-refractivity contribution in [3.63, 3.8) is 0 Å². The number of methoxy groups -OCH3 is 1. The molecule has 0 radical (unpaired) electrons. The molecule has 1 aliphatic heterocycles. The second-order valence-electron chi connectivity index (χ2n) is 4.99. The molecule has 0 spiro atoms. The molecule has 0 bridgehead atoms. The molecule has 20 heavy (non-hydrogen) atoms. The van der Waals surface area contributed by atoms with E-state index in [1.165, 1.54) is 6.07 Å². The van der Waals surface area contributed by atoms with Crippen molar-refractivity contribution in [2.75, 3.05) is 32.1 Å². The molecule has 1 saturated heterocycles. The Morgan fingerprint density at radius 2 is 2.15 bits per heavy atom. The molecule has 0 aliphatic carbocycles. The Morgan fingerprint density at radius 3 is 2.70 bits per heavy atom. The lowest BCUT2D eigenvalue weighted by Gasteiger charge is -2.32. The number of nitrogens with zero attached hydrogens (tertiary/aromatic N) is 2. The smallest absolute Gasteiger partial charge is 0.271 e. The van der Waals surface area contributed by atoms with Gasteiger partial charge in [0, 0.05) is 31.3 Å². The van der Waals surface area contributed by atoms with Gasteiger partial charge in [0.25, 0.3) is 5.69 Å². The number of nitrogens with one attached hydrogen (secondary N) is 1. The highest BCUT2D eigenvalue weighted by atomic mass is 16.6. The molecular weight excluding hydrogens is 258 g/mol. The average molecular weight is 279 g/mol. The lowest BCUT2D eigenvalue weighted by atomic mass is 10.0. The standard InChI is InChI=1S/C14H21N3O3/c1-3-16-8-6-11(7-9-16)15-13-10-12(17(18)19)4-5-14(13)20-2/h4-5,10-11,15H,3,6-9H2,1-2H3. The molecule has 1 fully saturated rings. The number of non-ortho nitro benzene ring substituents is 1. The zero-order chi connectivity index (χ0) is 14.5. The molecule has 1 heterocycles. The predicted octanol–water partition coefficient (Wildman–Crippen LogP) is 2.50. The molecule has 0 aromatic heterocycles. The maximum Gasteiger partial charge on any atom is 0.271 e. The first-order chi connectivity index (χ1) is 9.63. The maximum absolute atomic E-state index is 10.9. The van der Waals surface area contributed by atoms with Gasteiger partial charge in [0.1, 0.15) is 5.75 Å². The second kappa shape index (κ2) is 6.56. The van der Waals surface area contributed by atoms with Crippen molar-refractivity contribution in [2.45, 2.75) is 25.8 Å². The number of hydrogen-bond donors (Lipinski definition) is 1. The Labute approximate surface area is 118 Å². The number of rotatable bonds is 5. The number of nitro groups is 1. The highest BCUT2D eigenvalue weighted by Gasteiger charge is 2.20. The number of benzene rings is 1. The van der Waals surface area contributed by atoms with Crippen molar-refractivity contribution >= 4 is 11.4 Å². The third-order valence-electron chi connectivity index (χ3n) is 3.79. The molecule has 6 nitrogen and oxygen atoms in total. The second-order valence-corrected chi connectivity index (χ2v) is 4.99. The van der Waals surface area contributed by atoms with Gasteiger partial charge in [-0.15, -0.1) is 0 Å². The van der Waals surface area contributed by atoms with Gasteiger partial charge in [-0.3, -0.25) is 10.1 Å². The number of nitro benzene ring substituents is 1. The molecule has 2 rings (SSSR count). The van der Waals surface area contributed by atoms with Gasteiger partial charge in [0.15, 0.2) is 0 Å². The van der Waals surface area contributed by atoms with Crippen LogP contribution in [0.15, 0.2) is 18.2 Å².